The van der Waals surface area contributed by atoms with Gasteiger partial charge in [-0.15, -0.1) is 0 Å². The molecule has 6 heteroatoms. The molecule has 0 radical (unpaired) electrons. The molecule has 0 unspecified atom stereocenters. The molecule has 0 aliphatic carbocycles. The summed E-state index contributed by atoms with van der Waals surface area (Å²) in [7, 11) is -3.55. The van der Waals surface area contributed by atoms with E-state index in [0.717, 1.165) is 5.56 Å². The van der Waals surface area contributed by atoms with Gasteiger partial charge < -0.3 is 0 Å². The van der Waals surface area contributed by atoms with Gasteiger partial charge in [0, 0.05) is 12.1 Å². The van der Waals surface area contributed by atoms with Crippen molar-refractivity contribution in [3.63, 3.8) is 0 Å². The SMILES string of the molecule is CC(=O)c1ccc2c(c1)CCN2S(=O)(=O)Cc1ccc(F)cc1. The summed E-state index contributed by atoms with van der Waals surface area (Å²) in [4.78, 5) is 11.4. The number of sulfonamides is 1. The highest BCUT2D eigenvalue weighted by Crippen LogP contribution is 2.32. The number of hydrogen-bond donors (Lipinski definition) is 0. The van der Waals surface area contributed by atoms with Crippen LogP contribution in [-0.4, -0.2) is 20.7 Å². The Morgan fingerprint density at radius 2 is 1.87 bits per heavy atom. The minimum absolute atomic E-state index is 0.0413. The predicted molar refractivity (Wildman–Crippen MR) is 86.5 cm³/mol. The maximum atomic E-state index is 12.9. The van der Waals surface area contributed by atoms with Gasteiger partial charge in [0.25, 0.3) is 0 Å². The molecule has 1 aliphatic heterocycles. The number of ketones is 1. The molecule has 4 nitrogen and oxygen atoms in total. The van der Waals surface area contributed by atoms with Crippen molar-refractivity contribution in [2.75, 3.05) is 10.8 Å². The second-order valence-corrected chi connectivity index (χ2v) is 7.50. The van der Waals surface area contributed by atoms with Crippen molar-refractivity contribution in [2.24, 2.45) is 0 Å². The minimum atomic E-state index is -3.55. The van der Waals surface area contributed by atoms with E-state index in [1.54, 1.807) is 18.2 Å². The zero-order valence-electron chi connectivity index (χ0n) is 12.6. The number of rotatable bonds is 4. The van der Waals surface area contributed by atoms with E-state index in [1.165, 1.54) is 35.5 Å². The maximum Gasteiger partial charge on any atom is 0.239 e. The summed E-state index contributed by atoms with van der Waals surface area (Å²) in [6.07, 6.45) is 0.582. The number of carbonyl (C=O) groups excluding carboxylic acids is 1. The Labute approximate surface area is 134 Å². The van der Waals surface area contributed by atoms with Gasteiger partial charge >= 0.3 is 0 Å². The van der Waals surface area contributed by atoms with Gasteiger partial charge in [0.05, 0.1) is 11.4 Å². The van der Waals surface area contributed by atoms with Crippen LogP contribution in [0.15, 0.2) is 42.5 Å². The van der Waals surface area contributed by atoms with Crippen LogP contribution < -0.4 is 4.31 Å². The molecule has 120 valence electrons. The second-order valence-electron chi connectivity index (χ2n) is 5.60. The van der Waals surface area contributed by atoms with Crippen molar-refractivity contribution in [1.82, 2.24) is 0 Å². The van der Waals surface area contributed by atoms with E-state index in [-0.39, 0.29) is 11.5 Å². The standard InChI is InChI=1S/C17H16FNO3S/c1-12(20)14-4-7-17-15(10-14)8-9-19(17)23(21,22)11-13-2-5-16(18)6-3-13/h2-7,10H,8-9,11H2,1H3. The minimum Gasteiger partial charge on any atom is -0.295 e. The van der Waals surface area contributed by atoms with Gasteiger partial charge in [-0.1, -0.05) is 12.1 Å². The molecule has 0 bridgehead atoms. The number of nitrogens with zero attached hydrogens (tertiary/aromatic N) is 1. The molecule has 0 saturated carbocycles. The number of carbonyl (C=O) groups is 1. The molecular formula is C17H16FNO3S. The zero-order valence-corrected chi connectivity index (χ0v) is 13.4. The van der Waals surface area contributed by atoms with Crippen LogP contribution in [0.3, 0.4) is 0 Å². The summed E-state index contributed by atoms with van der Waals surface area (Å²) in [6, 6.07) is 10.5. The van der Waals surface area contributed by atoms with Gasteiger partial charge in [-0.05, 0) is 54.8 Å². The molecule has 2 aromatic rings. The van der Waals surface area contributed by atoms with Gasteiger partial charge in [-0.3, -0.25) is 9.10 Å². The summed E-state index contributed by atoms with van der Waals surface area (Å²) in [5.74, 6) is -0.615. The summed E-state index contributed by atoms with van der Waals surface area (Å²) >= 11 is 0. The van der Waals surface area contributed by atoms with Gasteiger partial charge in [-0.25, -0.2) is 12.8 Å². The molecule has 2 aromatic carbocycles. The Bertz CT molecular complexity index is 860. The van der Waals surface area contributed by atoms with Crippen molar-refractivity contribution in [3.8, 4) is 0 Å². The first kappa shape index (κ1) is 15.7. The maximum absolute atomic E-state index is 12.9. The Kier molecular flexibility index (Phi) is 3.93. The summed E-state index contributed by atoms with van der Waals surface area (Å²) in [5.41, 5.74) is 2.61. The molecule has 3 rings (SSSR count). The third-order valence-electron chi connectivity index (χ3n) is 3.94. The molecule has 0 aromatic heterocycles. The number of halogens is 1. The lowest BCUT2D eigenvalue weighted by Crippen LogP contribution is -2.30. The molecule has 0 saturated heterocycles. The van der Waals surface area contributed by atoms with Crippen LogP contribution in [-0.2, 0) is 22.2 Å². The number of benzene rings is 2. The van der Waals surface area contributed by atoms with Crippen molar-refractivity contribution < 1.29 is 17.6 Å². The fourth-order valence-corrected chi connectivity index (χ4v) is 4.37. The quantitative estimate of drug-likeness (QED) is 0.809. The highest BCUT2D eigenvalue weighted by molar-refractivity contribution is 7.92. The van der Waals surface area contributed by atoms with Crippen LogP contribution in [0, 0.1) is 5.82 Å². The molecule has 23 heavy (non-hydrogen) atoms. The second kappa shape index (κ2) is 5.77. The Morgan fingerprint density at radius 1 is 1.17 bits per heavy atom. The number of anilines is 1. The normalized spacial score (nSPS) is 13.9. The highest BCUT2D eigenvalue weighted by Gasteiger charge is 2.29. The van der Waals surface area contributed by atoms with Gasteiger partial charge in [0.2, 0.25) is 10.0 Å². The van der Waals surface area contributed by atoms with Crippen molar-refractivity contribution in [1.29, 1.82) is 0 Å². The van der Waals surface area contributed by atoms with E-state index in [2.05, 4.69) is 0 Å². The van der Waals surface area contributed by atoms with E-state index in [1.807, 2.05) is 0 Å². The van der Waals surface area contributed by atoms with Gasteiger partial charge in [-0.2, -0.15) is 0 Å². The number of fused-ring (bicyclic) bond motifs is 1. The first-order valence-corrected chi connectivity index (χ1v) is 8.86. The third kappa shape index (κ3) is 3.12. The van der Waals surface area contributed by atoms with E-state index < -0.39 is 15.8 Å². The largest absolute Gasteiger partial charge is 0.295 e. The van der Waals surface area contributed by atoms with E-state index in [0.29, 0.717) is 29.8 Å². The third-order valence-corrected chi connectivity index (χ3v) is 5.69. The zero-order chi connectivity index (χ0) is 16.6. The Balaban J connectivity index is 1.88. The molecule has 0 atom stereocenters. The lowest BCUT2D eigenvalue weighted by Gasteiger charge is -2.19. The smallest absolute Gasteiger partial charge is 0.239 e. The highest BCUT2D eigenvalue weighted by atomic mass is 32.2. The lowest BCUT2D eigenvalue weighted by molar-refractivity contribution is 0.101. The van der Waals surface area contributed by atoms with Crippen LogP contribution in [0.5, 0.6) is 0 Å². The van der Waals surface area contributed by atoms with Crippen LogP contribution in [0.25, 0.3) is 0 Å². The van der Waals surface area contributed by atoms with Crippen LogP contribution >= 0.6 is 0 Å². The fraction of sp³-hybridized carbons (Fsp3) is 0.235. The summed E-state index contributed by atoms with van der Waals surface area (Å²) in [6.45, 7) is 1.85. The van der Waals surface area contributed by atoms with Crippen molar-refractivity contribution in [3.05, 3.63) is 65.0 Å². The van der Waals surface area contributed by atoms with Crippen LogP contribution in [0.4, 0.5) is 10.1 Å². The predicted octanol–water partition coefficient (Wildman–Crippen LogP) is 2.92. The van der Waals surface area contributed by atoms with Gasteiger partial charge in [0.1, 0.15) is 5.82 Å². The molecule has 0 N–H and O–H groups in total. The van der Waals surface area contributed by atoms with E-state index >= 15 is 0 Å². The van der Waals surface area contributed by atoms with E-state index in [4.69, 9.17) is 0 Å². The van der Waals surface area contributed by atoms with Gasteiger partial charge in [0.15, 0.2) is 5.78 Å². The molecule has 0 spiro atoms. The molecular weight excluding hydrogens is 317 g/mol. The summed E-state index contributed by atoms with van der Waals surface area (Å²) < 4.78 is 39.6. The van der Waals surface area contributed by atoms with Crippen LogP contribution in [0.2, 0.25) is 0 Å². The van der Waals surface area contributed by atoms with E-state index in [9.17, 15) is 17.6 Å². The molecule has 0 fully saturated rings. The monoisotopic (exact) mass is 333 g/mol. The topological polar surface area (TPSA) is 54.5 Å². The average Bonchev–Trinajstić information content (AvgIpc) is 2.93. The van der Waals surface area contributed by atoms with Crippen LogP contribution in [0.1, 0.15) is 28.4 Å². The lowest BCUT2D eigenvalue weighted by atomic mass is 10.1. The fourth-order valence-electron chi connectivity index (χ4n) is 2.75. The summed E-state index contributed by atoms with van der Waals surface area (Å²) in [5, 5.41) is 0. The first-order valence-electron chi connectivity index (χ1n) is 7.25. The molecule has 1 aliphatic rings. The number of hydrogen-bond acceptors (Lipinski definition) is 3. The molecule has 1 heterocycles. The molecule has 0 amide bonds. The Hall–Kier alpha value is -2.21. The number of Topliss-reactive ketones (excluding diaryl/α,β-unsaturated/α-hetero) is 1. The average molecular weight is 333 g/mol. The Morgan fingerprint density at radius 3 is 2.52 bits per heavy atom. The van der Waals surface area contributed by atoms with Crippen molar-refractivity contribution >= 4 is 21.5 Å². The first-order chi connectivity index (χ1) is 10.9. The van der Waals surface area contributed by atoms with Crippen molar-refractivity contribution in [2.45, 2.75) is 19.1 Å².